The van der Waals surface area contributed by atoms with Gasteiger partial charge in [0.15, 0.2) is 5.65 Å². The van der Waals surface area contributed by atoms with Crippen molar-refractivity contribution in [2.75, 3.05) is 24.8 Å². The van der Waals surface area contributed by atoms with Crippen LogP contribution in [-0.2, 0) is 6.18 Å². The lowest BCUT2D eigenvalue weighted by Gasteiger charge is -2.17. The molecule has 0 spiro atoms. The molecule has 182 valence electrons. The lowest BCUT2D eigenvalue weighted by Crippen LogP contribution is -2.29. The highest BCUT2D eigenvalue weighted by Crippen LogP contribution is 2.31. The van der Waals surface area contributed by atoms with Gasteiger partial charge in [0.1, 0.15) is 0 Å². The zero-order valence-corrected chi connectivity index (χ0v) is 19.3. The summed E-state index contributed by atoms with van der Waals surface area (Å²) >= 11 is 1.57. The van der Waals surface area contributed by atoms with Crippen LogP contribution in [0.15, 0.2) is 70.4 Å². The van der Waals surface area contributed by atoms with E-state index in [1.165, 1.54) is 22.8 Å². The quantitative estimate of drug-likeness (QED) is 0.329. The number of hydrogen-bond donors (Lipinski definition) is 3. The highest BCUT2D eigenvalue weighted by atomic mass is 32.2. The maximum absolute atomic E-state index is 13.1. The summed E-state index contributed by atoms with van der Waals surface area (Å²) < 4.78 is 40.4. The largest absolute Gasteiger partial charge is 0.416 e. The van der Waals surface area contributed by atoms with Crippen molar-refractivity contribution >= 4 is 28.7 Å². The van der Waals surface area contributed by atoms with Crippen LogP contribution in [-0.4, -0.2) is 50.3 Å². The predicted octanol–water partition coefficient (Wildman–Crippen LogP) is 3.95. The second-order valence-electron chi connectivity index (χ2n) is 7.62. The van der Waals surface area contributed by atoms with Gasteiger partial charge < -0.3 is 15.5 Å². The third kappa shape index (κ3) is 5.16. The van der Waals surface area contributed by atoms with Crippen molar-refractivity contribution < 1.29 is 23.4 Å². The predicted molar refractivity (Wildman–Crippen MR) is 129 cm³/mol. The third-order valence-electron chi connectivity index (χ3n) is 5.34. The van der Waals surface area contributed by atoms with Crippen molar-refractivity contribution in [3.05, 3.63) is 76.6 Å². The Kier molecular flexibility index (Phi) is 7.10. The fraction of sp³-hybridized carbons (Fsp3) is 0.208. The molecule has 0 amide bonds. The number of benzene rings is 2. The van der Waals surface area contributed by atoms with Gasteiger partial charge in [-0.15, -0.1) is 11.8 Å². The van der Waals surface area contributed by atoms with Gasteiger partial charge in [-0.2, -0.15) is 18.2 Å². The van der Waals surface area contributed by atoms with Gasteiger partial charge in [0.05, 0.1) is 36.2 Å². The van der Waals surface area contributed by atoms with Crippen LogP contribution in [0.3, 0.4) is 0 Å². The van der Waals surface area contributed by atoms with Crippen molar-refractivity contribution in [3.8, 4) is 16.9 Å². The number of aliphatic hydroxyl groups excluding tert-OH is 2. The van der Waals surface area contributed by atoms with Crippen molar-refractivity contribution in [1.82, 2.24) is 14.5 Å². The molecule has 3 N–H and O–H groups in total. The van der Waals surface area contributed by atoms with E-state index in [9.17, 15) is 28.2 Å². The fourth-order valence-electron chi connectivity index (χ4n) is 3.53. The van der Waals surface area contributed by atoms with Crippen molar-refractivity contribution in [1.29, 1.82) is 0 Å². The van der Waals surface area contributed by atoms with Crippen LogP contribution >= 0.6 is 11.8 Å². The summed E-state index contributed by atoms with van der Waals surface area (Å²) in [6.07, 6.45) is -2.56. The first-order valence-electron chi connectivity index (χ1n) is 10.5. The van der Waals surface area contributed by atoms with E-state index in [1.54, 1.807) is 17.8 Å². The van der Waals surface area contributed by atoms with E-state index in [2.05, 4.69) is 15.3 Å². The zero-order valence-electron chi connectivity index (χ0n) is 18.5. The van der Waals surface area contributed by atoms with Gasteiger partial charge in [0.25, 0.3) is 5.56 Å². The number of rotatable bonds is 7. The number of fused-ring (bicyclic) bond motifs is 1. The number of anilines is 1. The molecule has 7 nitrogen and oxygen atoms in total. The molecule has 0 aliphatic rings. The molecule has 4 rings (SSSR count). The Labute approximate surface area is 202 Å². The van der Waals surface area contributed by atoms with Crippen LogP contribution in [0.4, 0.5) is 19.1 Å². The highest BCUT2D eigenvalue weighted by molar-refractivity contribution is 7.98. The lowest BCUT2D eigenvalue weighted by atomic mass is 10.1. The number of nitrogens with zero attached hydrogens (tertiary/aromatic N) is 3. The van der Waals surface area contributed by atoms with Gasteiger partial charge in [-0.05, 0) is 48.7 Å². The number of aliphatic hydroxyl groups is 2. The van der Waals surface area contributed by atoms with E-state index in [0.29, 0.717) is 11.1 Å². The molecule has 0 aliphatic carbocycles. The summed E-state index contributed by atoms with van der Waals surface area (Å²) in [7, 11) is 0. The molecule has 0 fully saturated rings. The molecule has 0 atom stereocenters. The molecule has 0 saturated carbocycles. The number of aromatic nitrogens is 3. The highest BCUT2D eigenvalue weighted by Gasteiger charge is 2.30. The van der Waals surface area contributed by atoms with E-state index in [0.717, 1.165) is 22.6 Å². The Morgan fingerprint density at radius 1 is 0.971 bits per heavy atom. The smallest absolute Gasteiger partial charge is 0.394 e. The average Bonchev–Trinajstić information content (AvgIpc) is 2.86. The maximum atomic E-state index is 13.1. The normalized spacial score (nSPS) is 11.9. The van der Waals surface area contributed by atoms with E-state index in [-0.39, 0.29) is 17.3 Å². The summed E-state index contributed by atoms with van der Waals surface area (Å²) in [5, 5.41) is 22.3. The second-order valence-corrected chi connectivity index (χ2v) is 8.50. The molecule has 2 aromatic carbocycles. The number of hydrogen-bond acceptors (Lipinski definition) is 7. The van der Waals surface area contributed by atoms with Crippen molar-refractivity contribution in [2.24, 2.45) is 0 Å². The molecule has 0 unspecified atom stereocenters. The summed E-state index contributed by atoms with van der Waals surface area (Å²) in [5.74, 6) is 0.0424. The minimum absolute atomic E-state index is 0.0424. The van der Waals surface area contributed by atoms with Gasteiger partial charge in [-0.25, -0.2) is 4.98 Å². The Balaban J connectivity index is 1.96. The summed E-state index contributed by atoms with van der Waals surface area (Å²) in [4.78, 5) is 22.9. The molecule has 2 heterocycles. The van der Waals surface area contributed by atoms with Gasteiger partial charge in [0.2, 0.25) is 5.95 Å². The summed E-state index contributed by atoms with van der Waals surface area (Å²) in [6, 6.07) is 13.9. The molecular weight excluding hydrogens is 481 g/mol. The molecule has 0 radical (unpaired) electrons. The third-order valence-corrected chi connectivity index (χ3v) is 6.08. The van der Waals surface area contributed by atoms with E-state index in [1.807, 2.05) is 30.5 Å². The van der Waals surface area contributed by atoms with Crippen LogP contribution in [0.1, 0.15) is 5.56 Å². The Hall–Kier alpha value is -3.41. The molecule has 0 bridgehead atoms. The number of pyridine rings is 1. The first-order chi connectivity index (χ1) is 16.7. The molecule has 35 heavy (non-hydrogen) atoms. The van der Waals surface area contributed by atoms with Gasteiger partial charge in [-0.3, -0.25) is 9.36 Å². The maximum Gasteiger partial charge on any atom is 0.416 e. The number of nitrogens with one attached hydrogen (secondary N) is 1. The average molecular weight is 503 g/mol. The Morgan fingerprint density at radius 2 is 1.63 bits per heavy atom. The first kappa shape index (κ1) is 24.7. The van der Waals surface area contributed by atoms with Crippen LogP contribution in [0.25, 0.3) is 28.0 Å². The SMILES string of the molecule is CSc1ccc(-c2nc(NC(CO)CO)nc3c2ccc(=O)n3-c2ccc(C(F)(F)F)cc2)cc1. The topological polar surface area (TPSA) is 100 Å². The number of alkyl halides is 3. The molecule has 4 aromatic rings. The van der Waals surface area contributed by atoms with Gasteiger partial charge in [-0.1, -0.05) is 12.1 Å². The second kappa shape index (κ2) is 10.1. The van der Waals surface area contributed by atoms with Gasteiger partial charge in [0, 0.05) is 21.9 Å². The van der Waals surface area contributed by atoms with E-state index >= 15 is 0 Å². The van der Waals surface area contributed by atoms with E-state index < -0.39 is 36.6 Å². The van der Waals surface area contributed by atoms with Crippen molar-refractivity contribution in [2.45, 2.75) is 17.1 Å². The van der Waals surface area contributed by atoms with Gasteiger partial charge >= 0.3 is 6.18 Å². The Bertz CT molecular complexity index is 1390. The molecule has 11 heteroatoms. The summed E-state index contributed by atoms with van der Waals surface area (Å²) in [6.45, 7) is -0.785. The van der Waals surface area contributed by atoms with Crippen LogP contribution in [0, 0.1) is 0 Å². The number of halogens is 3. The van der Waals surface area contributed by atoms with Crippen LogP contribution in [0.5, 0.6) is 0 Å². The molecule has 0 aliphatic heterocycles. The Morgan fingerprint density at radius 3 is 2.20 bits per heavy atom. The minimum atomic E-state index is -4.51. The summed E-state index contributed by atoms with van der Waals surface area (Å²) in [5.41, 5.74) is 0.221. The number of thioether (sulfide) groups is 1. The monoisotopic (exact) mass is 502 g/mol. The van der Waals surface area contributed by atoms with Crippen LogP contribution in [0.2, 0.25) is 0 Å². The molecule has 0 saturated heterocycles. The van der Waals surface area contributed by atoms with Crippen LogP contribution < -0.4 is 10.9 Å². The molecular formula is C24H21F3N4O3S. The van der Waals surface area contributed by atoms with E-state index in [4.69, 9.17) is 0 Å². The van der Waals surface area contributed by atoms with Crippen molar-refractivity contribution in [3.63, 3.8) is 0 Å². The minimum Gasteiger partial charge on any atom is -0.394 e. The first-order valence-corrected chi connectivity index (χ1v) is 11.7. The molecule has 2 aromatic heterocycles. The fourth-order valence-corrected chi connectivity index (χ4v) is 3.94. The zero-order chi connectivity index (χ0) is 25.2. The lowest BCUT2D eigenvalue weighted by molar-refractivity contribution is -0.137. The standard InChI is InChI=1S/C24H21F3N4O3S/c1-35-18-8-2-14(3-9-18)21-19-10-11-20(34)31(17-6-4-15(5-7-17)24(25,26)27)22(19)30-23(29-21)28-16(12-32)13-33/h2-11,16,32-33H,12-13H2,1H3,(H,28,29,30).